The van der Waals surface area contributed by atoms with Gasteiger partial charge in [-0.15, -0.1) is 16.4 Å². The van der Waals surface area contributed by atoms with E-state index < -0.39 is 10.0 Å². The van der Waals surface area contributed by atoms with E-state index in [4.69, 9.17) is 21.1 Å². The minimum absolute atomic E-state index is 0.0830. The molecule has 3 heterocycles. The van der Waals surface area contributed by atoms with Gasteiger partial charge < -0.3 is 9.47 Å². The maximum Gasteiger partial charge on any atom is 0.306 e. The van der Waals surface area contributed by atoms with Crippen LogP contribution in [-0.2, 0) is 32.6 Å². The SMILES string of the molecule is CC[C@@H]1CN(Cc2cc(C(CC(=O)OC)c3ccc4c(nnn4CC)c3C)sc2Cl)S(=O)(=O)c2ccccc2O1. The van der Waals surface area contributed by atoms with Gasteiger partial charge in [0.15, 0.2) is 0 Å². The van der Waals surface area contributed by atoms with Crippen LogP contribution in [-0.4, -0.2) is 53.4 Å². The second-order valence-electron chi connectivity index (χ2n) is 9.73. The molecule has 40 heavy (non-hydrogen) atoms. The second-order valence-corrected chi connectivity index (χ2v) is 13.3. The lowest BCUT2D eigenvalue weighted by Gasteiger charge is -2.22. The van der Waals surface area contributed by atoms with Crippen LogP contribution >= 0.6 is 22.9 Å². The summed E-state index contributed by atoms with van der Waals surface area (Å²) in [6, 6.07) is 12.6. The fraction of sp³-hybridized carbons (Fsp3) is 0.393. The first-order valence-electron chi connectivity index (χ1n) is 13.1. The second kappa shape index (κ2) is 11.5. The normalized spacial score (nSPS) is 17.7. The summed E-state index contributed by atoms with van der Waals surface area (Å²) in [5.74, 6) is -0.353. The van der Waals surface area contributed by atoms with Crippen molar-refractivity contribution < 1.29 is 22.7 Å². The Morgan fingerprint density at radius 3 is 2.75 bits per heavy atom. The van der Waals surface area contributed by atoms with Crippen molar-refractivity contribution >= 4 is 50.0 Å². The van der Waals surface area contributed by atoms with Crippen LogP contribution in [0.5, 0.6) is 5.75 Å². The monoisotopic (exact) mass is 602 g/mol. The van der Waals surface area contributed by atoms with E-state index in [-0.39, 0.29) is 42.4 Å². The van der Waals surface area contributed by atoms with E-state index in [1.807, 2.05) is 43.7 Å². The molecule has 0 N–H and O–H groups in total. The number of rotatable bonds is 8. The van der Waals surface area contributed by atoms with E-state index >= 15 is 0 Å². The highest BCUT2D eigenvalue weighted by Crippen LogP contribution is 2.41. The Balaban J connectivity index is 1.53. The zero-order valence-electron chi connectivity index (χ0n) is 22.8. The number of sulfonamides is 1. The van der Waals surface area contributed by atoms with Crippen LogP contribution in [0.15, 0.2) is 47.4 Å². The number of hydrogen-bond donors (Lipinski definition) is 0. The summed E-state index contributed by atoms with van der Waals surface area (Å²) in [5.41, 5.74) is 4.21. The summed E-state index contributed by atoms with van der Waals surface area (Å²) in [7, 11) is -2.47. The molecular weight excluding hydrogens is 572 g/mol. The number of halogens is 1. The molecule has 2 aromatic carbocycles. The number of thiophene rings is 1. The van der Waals surface area contributed by atoms with E-state index in [0.29, 0.717) is 28.6 Å². The average Bonchev–Trinajstić information content (AvgIpc) is 3.51. The minimum Gasteiger partial charge on any atom is -0.488 e. The summed E-state index contributed by atoms with van der Waals surface area (Å²) in [6.07, 6.45) is 0.449. The lowest BCUT2D eigenvalue weighted by Crippen LogP contribution is -2.36. The number of aryl methyl sites for hydroxylation is 2. The molecule has 12 heteroatoms. The average molecular weight is 603 g/mol. The third-order valence-corrected chi connectivity index (χ3v) is 10.8. The molecule has 1 aliphatic rings. The summed E-state index contributed by atoms with van der Waals surface area (Å²) < 4.78 is 42.2. The first kappa shape index (κ1) is 28.5. The van der Waals surface area contributed by atoms with Gasteiger partial charge in [-0.1, -0.05) is 41.9 Å². The fourth-order valence-corrected chi connectivity index (χ4v) is 8.08. The highest BCUT2D eigenvalue weighted by atomic mass is 35.5. The third kappa shape index (κ3) is 5.23. The Hall–Kier alpha value is -2.99. The molecule has 0 bridgehead atoms. The van der Waals surface area contributed by atoms with Crippen LogP contribution < -0.4 is 4.74 Å². The molecule has 2 aromatic heterocycles. The van der Waals surface area contributed by atoms with Gasteiger partial charge in [0.1, 0.15) is 22.3 Å². The molecule has 0 saturated carbocycles. The first-order valence-corrected chi connectivity index (χ1v) is 15.7. The number of para-hydroxylation sites is 1. The van der Waals surface area contributed by atoms with Gasteiger partial charge in [0.2, 0.25) is 10.0 Å². The number of aromatic nitrogens is 3. The third-order valence-electron chi connectivity index (χ3n) is 7.35. The Bertz CT molecular complexity index is 1670. The molecule has 9 nitrogen and oxygen atoms in total. The van der Waals surface area contributed by atoms with E-state index in [1.165, 1.54) is 22.8 Å². The van der Waals surface area contributed by atoms with Gasteiger partial charge in [0.25, 0.3) is 0 Å². The Kier molecular flexibility index (Phi) is 8.19. The number of esters is 1. The number of methoxy groups -OCH3 is 1. The highest BCUT2D eigenvalue weighted by molar-refractivity contribution is 7.89. The van der Waals surface area contributed by atoms with Gasteiger partial charge in [-0.05, 0) is 61.2 Å². The molecule has 0 spiro atoms. The van der Waals surface area contributed by atoms with Crippen molar-refractivity contribution in [2.45, 2.75) is 63.6 Å². The zero-order chi connectivity index (χ0) is 28.6. The van der Waals surface area contributed by atoms with Crippen LogP contribution in [0.4, 0.5) is 0 Å². The van der Waals surface area contributed by atoms with Gasteiger partial charge in [0.05, 0.1) is 29.9 Å². The molecule has 2 atom stereocenters. The van der Waals surface area contributed by atoms with Crippen molar-refractivity contribution in [2.24, 2.45) is 0 Å². The molecule has 4 aromatic rings. The van der Waals surface area contributed by atoms with Gasteiger partial charge >= 0.3 is 5.97 Å². The number of fused-ring (bicyclic) bond motifs is 2. The summed E-state index contributed by atoms with van der Waals surface area (Å²) in [4.78, 5) is 13.5. The summed E-state index contributed by atoms with van der Waals surface area (Å²) in [6.45, 7) is 6.92. The van der Waals surface area contributed by atoms with Crippen molar-refractivity contribution in [2.75, 3.05) is 13.7 Å². The fourth-order valence-electron chi connectivity index (χ4n) is 5.11. The maximum absolute atomic E-state index is 13.7. The Morgan fingerprint density at radius 1 is 1.25 bits per heavy atom. The standard InChI is InChI=1S/C28H31ClN4O5S2/c1-5-19-16-32(40(35,36)25-10-8-7-9-23(25)38-19)15-18-13-24(39-28(18)29)21(14-26(34)37-4)20-11-12-22-27(17(20)3)30-31-33(22)6-2/h7-13,19,21H,5-6,14-16H2,1-4H3/t19-,21?/m1/s1. The van der Waals surface area contributed by atoms with Crippen molar-refractivity contribution in [3.63, 3.8) is 0 Å². The van der Waals surface area contributed by atoms with Crippen LogP contribution in [0, 0.1) is 6.92 Å². The quantitative estimate of drug-likeness (QED) is 0.244. The number of hydrogen-bond acceptors (Lipinski definition) is 8. The number of carbonyl (C=O) groups is 1. The lowest BCUT2D eigenvalue weighted by atomic mass is 9.89. The van der Waals surface area contributed by atoms with Crippen LogP contribution in [0.1, 0.15) is 54.2 Å². The molecule has 0 aliphatic carbocycles. The van der Waals surface area contributed by atoms with Gasteiger partial charge in [-0.2, -0.15) is 4.31 Å². The zero-order valence-corrected chi connectivity index (χ0v) is 25.1. The molecule has 0 fully saturated rings. The summed E-state index contributed by atoms with van der Waals surface area (Å²) >= 11 is 8.09. The molecule has 1 aliphatic heterocycles. The highest BCUT2D eigenvalue weighted by Gasteiger charge is 2.35. The number of benzene rings is 2. The lowest BCUT2D eigenvalue weighted by molar-refractivity contribution is -0.140. The first-order chi connectivity index (χ1) is 19.2. The van der Waals surface area contributed by atoms with Crippen molar-refractivity contribution in [3.8, 4) is 5.75 Å². The molecule has 0 saturated heterocycles. The van der Waals surface area contributed by atoms with E-state index in [1.54, 1.807) is 24.3 Å². The molecule has 1 unspecified atom stereocenters. The Labute approximate surface area is 242 Å². The molecule has 5 rings (SSSR count). The smallest absolute Gasteiger partial charge is 0.306 e. The minimum atomic E-state index is -3.83. The topological polar surface area (TPSA) is 104 Å². The van der Waals surface area contributed by atoms with Crippen molar-refractivity contribution in [3.05, 3.63) is 68.4 Å². The number of ether oxygens (including phenoxy) is 2. The van der Waals surface area contributed by atoms with E-state index in [0.717, 1.165) is 27.0 Å². The summed E-state index contributed by atoms with van der Waals surface area (Å²) in [5, 5.41) is 8.61. The Morgan fingerprint density at radius 2 is 2.02 bits per heavy atom. The predicted octanol–water partition coefficient (Wildman–Crippen LogP) is 5.53. The van der Waals surface area contributed by atoms with Gasteiger partial charge in [-0.25, -0.2) is 13.1 Å². The van der Waals surface area contributed by atoms with E-state index in [2.05, 4.69) is 10.3 Å². The van der Waals surface area contributed by atoms with Gasteiger partial charge in [0, 0.05) is 23.9 Å². The van der Waals surface area contributed by atoms with Crippen LogP contribution in [0.2, 0.25) is 4.34 Å². The van der Waals surface area contributed by atoms with Crippen molar-refractivity contribution in [1.82, 2.24) is 19.3 Å². The van der Waals surface area contributed by atoms with Crippen LogP contribution in [0.25, 0.3) is 11.0 Å². The van der Waals surface area contributed by atoms with E-state index in [9.17, 15) is 13.2 Å². The van der Waals surface area contributed by atoms with Crippen LogP contribution in [0.3, 0.4) is 0 Å². The molecule has 0 radical (unpaired) electrons. The molecule has 0 amide bonds. The van der Waals surface area contributed by atoms with Crippen molar-refractivity contribution in [1.29, 1.82) is 0 Å². The van der Waals surface area contributed by atoms with Gasteiger partial charge in [-0.3, -0.25) is 4.79 Å². The molecule has 212 valence electrons. The number of carbonyl (C=O) groups excluding carboxylic acids is 1. The maximum atomic E-state index is 13.7. The predicted molar refractivity (Wildman–Crippen MR) is 154 cm³/mol. The molecular formula is C28H31ClN4O5S2. The largest absolute Gasteiger partial charge is 0.488 e. The number of nitrogens with zero attached hydrogens (tertiary/aromatic N) is 4.